The molecule has 31 heavy (non-hydrogen) atoms. The highest BCUT2D eigenvalue weighted by atomic mass is 19.3. The number of aromatic hydroxyl groups is 1. The zero-order valence-corrected chi connectivity index (χ0v) is 17.1. The molecule has 0 spiro atoms. The lowest BCUT2D eigenvalue weighted by atomic mass is 10.1. The summed E-state index contributed by atoms with van der Waals surface area (Å²) in [6, 6.07) is 3.20. The van der Waals surface area contributed by atoms with Crippen LogP contribution in [-0.2, 0) is 6.54 Å². The van der Waals surface area contributed by atoms with Gasteiger partial charge in [0.25, 0.3) is 0 Å². The zero-order valence-electron chi connectivity index (χ0n) is 17.1. The SMILES string of the molecule is Cc1cc(-c2cncc(OC(F)F)c2)nc2c(C)n(-c3cnn(CC(C)O)c3)c(O)c12. The van der Waals surface area contributed by atoms with Crippen LogP contribution in [0.25, 0.3) is 27.8 Å². The highest BCUT2D eigenvalue weighted by Gasteiger charge is 2.20. The molecule has 8 nitrogen and oxygen atoms in total. The Morgan fingerprint density at radius 1 is 1.16 bits per heavy atom. The van der Waals surface area contributed by atoms with Crippen LogP contribution in [0.2, 0.25) is 0 Å². The standard InChI is InChI=1S/C21H21F2N5O3/c1-11-4-17(14-5-16(8-24-6-14)31-21(22)23)26-19-13(3)28(20(30)18(11)19)15-7-25-27(10-15)9-12(2)29/h4-8,10,12,21,29-30H,9H2,1-3H3. The van der Waals surface area contributed by atoms with E-state index in [2.05, 4.69) is 19.8 Å². The Balaban J connectivity index is 1.81. The molecular formula is C21H21F2N5O3. The number of aromatic nitrogens is 5. The van der Waals surface area contributed by atoms with Gasteiger partial charge in [0.15, 0.2) is 0 Å². The average Bonchev–Trinajstić information content (AvgIpc) is 3.23. The molecule has 0 amide bonds. The van der Waals surface area contributed by atoms with Gasteiger partial charge in [0.05, 0.1) is 47.3 Å². The van der Waals surface area contributed by atoms with Gasteiger partial charge in [-0.25, -0.2) is 4.98 Å². The summed E-state index contributed by atoms with van der Waals surface area (Å²) in [5, 5.41) is 25.3. The molecule has 4 rings (SSSR count). The van der Waals surface area contributed by atoms with Gasteiger partial charge in [-0.2, -0.15) is 13.9 Å². The molecule has 0 radical (unpaired) electrons. The van der Waals surface area contributed by atoms with Gasteiger partial charge in [0, 0.05) is 23.7 Å². The summed E-state index contributed by atoms with van der Waals surface area (Å²) in [5.74, 6) is -0.0386. The van der Waals surface area contributed by atoms with Gasteiger partial charge in [0.2, 0.25) is 5.88 Å². The molecule has 0 saturated carbocycles. The van der Waals surface area contributed by atoms with Crippen molar-refractivity contribution in [2.75, 3.05) is 0 Å². The van der Waals surface area contributed by atoms with Crippen LogP contribution in [0.5, 0.6) is 11.6 Å². The molecule has 4 heterocycles. The summed E-state index contributed by atoms with van der Waals surface area (Å²) < 4.78 is 32.7. The molecule has 0 bridgehead atoms. The zero-order chi connectivity index (χ0) is 22.3. The maximum atomic E-state index is 12.5. The molecule has 0 aliphatic carbocycles. The lowest BCUT2D eigenvalue weighted by molar-refractivity contribution is -0.0500. The van der Waals surface area contributed by atoms with Crippen LogP contribution in [0.4, 0.5) is 8.78 Å². The molecule has 2 N–H and O–H groups in total. The number of hydrogen-bond acceptors (Lipinski definition) is 6. The maximum Gasteiger partial charge on any atom is 0.387 e. The average molecular weight is 429 g/mol. The number of rotatable bonds is 6. The van der Waals surface area contributed by atoms with Crippen molar-refractivity contribution in [2.45, 2.75) is 40.0 Å². The van der Waals surface area contributed by atoms with E-state index in [1.807, 2.05) is 13.8 Å². The first kappa shape index (κ1) is 20.7. The smallest absolute Gasteiger partial charge is 0.387 e. The van der Waals surface area contributed by atoms with Crippen molar-refractivity contribution in [3.8, 4) is 28.6 Å². The summed E-state index contributed by atoms with van der Waals surface area (Å²) >= 11 is 0. The van der Waals surface area contributed by atoms with Gasteiger partial charge < -0.3 is 14.9 Å². The van der Waals surface area contributed by atoms with E-state index in [0.717, 1.165) is 5.56 Å². The molecule has 4 aromatic rings. The van der Waals surface area contributed by atoms with E-state index >= 15 is 0 Å². The lowest BCUT2D eigenvalue weighted by Gasteiger charge is -2.07. The molecule has 0 saturated heterocycles. The molecule has 10 heteroatoms. The second kappa shape index (κ2) is 7.95. The minimum atomic E-state index is -2.95. The second-order valence-corrected chi connectivity index (χ2v) is 7.35. The van der Waals surface area contributed by atoms with Gasteiger partial charge in [-0.1, -0.05) is 0 Å². The van der Waals surface area contributed by atoms with E-state index in [1.165, 1.54) is 18.5 Å². The Morgan fingerprint density at radius 3 is 2.65 bits per heavy atom. The molecule has 162 valence electrons. The van der Waals surface area contributed by atoms with Crippen molar-refractivity contribution >= 4 is 10.9 Å². The summed E-state index contributed by atoms with van der Waals surface area (Å²) in [6.45, 7) is 2.70. The third-order valence-corrected chi connectivity index (χ3v) is 4.89. The highest BCUT2D eigenvalue weighted by Crippen LogP contribution is 2.37. The van der Waals surface area contributed by atoms with Gasteiger partial charge in [-0.05, 0) is 38.5 Å². The largest absolute Gasteiger partial charge is 0.494 e. The molecule has 0 fully saturated rings. The maximum absolute atomic E-state index is 12.5. The molecule has 4 aromatic heterocycles. The third-order valence-electron chi connectivity index (χ3n) is 4.89. The summed E-state index contributed by atoms with van der Waals surface area (Å²) in [5.41, 5.74) is 3.67. The predicted molar refractivity (Wildman–Crippen MR) is 110 cm³/mol. The Kier molecular flexibility index (Phi) is 5.32. The van der Waals surface area contributed by atoms with Gasteiger partial charge in [-0.3, -0.25) is 14.2 Å². The number of ether oxygens (including phenoxy) is 1. The number of alkyl halides is 2. The van der Waals surface area contributed by atoms with Crippen LogP contribution >= 0.6 is 0 Å². The number of nitrogens with zero attached hydrogens (tertiary/aromatic N) is 5. The van der Waals surface area contributed by atoms with Crippen molar-refractivity contribution in [2.24, 2.45) is 0 Å². The number of aliphatic hydroxyl groups excluding tert-OH is 1. The van der Waals surface area contributed by atoms with E-state index in [1.54, 1.807) is 34.6 Å². The Morgan fingerprint density at radius 2 is 1.94 bits per heavy atom. The first-order chi connectivity index (χ1) is 14.7. The second-order valence-electron chi connectivity index (χ2n) is 7.35. The summed E-state index contributed by atoms with van der Waals surface area (Å²) in [4.78, 5) is 8.62. The van der Waals surface area contributed by atoms with Crippen LogP contribution in [0, 0.1) is 13.8 Å². The fraction of sp³-hybridized carbons (Fsp3) is 0.286. The normalized spacial score (nSPS) is 12.6. The van der Waals surface area contributed by atoms with Gasteiger partial charge in [0.1, 0.15) is 5.75 Å². The van der Waals surface area contributed by atoms with Crippen LogP contribution in [-0.4, -0.2) is 47.2 Å². The molecule has 0 aliphatic heterocycles. The van der Waals surface area contributed by atoms with Gasteiger partial charge in [-0.15, -0.1) is 0 Å². The Labute approximate surface area is 176 Å². The Bertz CT molecular complexity index is 1250. The monoisotopic (exact) mass is 429 g/mol. The fourth-order valence-corrected chi connectivity index (χ4v) is 3.62. The van der Waals surface area contributed by atoms with E-state index < -0.39 is 12.7 Å². The van der Waals surface area contributed by atoms with Crippen molar-refractivity contribution in [3.05, 3.63) is 48.2 Å². The number of fused-ring (bicyclic) bond motifs is 1. The molecule has 0 aromatic carbocycles. The minimum absolute atomic E-state index is 0.0218. The first-order valence-corrected chi connectivity index (χ1v) is 9.57. The molecule has 1 atom stereocenters. The summed E-state index contributed by atoms with van der Waals surface area (Å²) in [7, 11) is 0. The van der Waals surface area contributed by atoms with Crippen LogP contribution in [0.3, 0.4) is 0 Å². The lowest BCUT2D eigenvalue weighted by Crippen LogP contribution is -2.11. The Hall–Kier alpha value is -3.53. The van der Waals surface area contributed by atoms with Crippen molar-refractivity contribution < 1.29 is 23.7 Å². The summed E-state index contributed by atoms with van der Waals surface area (Å²) in [6.07, 6.45) is 5.48. The van der Waals surface area contributed by atoms with Crippen LogP contribution in [0.15, 0.2) is 36.9 Å². The van der Waals surface area contributed by atoms with E-state index in [0.29, 0.717) is 40.1 Å². The first-order valence-electron chi connectivity index (χ1n) is 9.57. The predicted octanol–water partition coefficient (Wildman–Crippen LogP) is 3.59. The quantitative estimate of drug-likeness (QED) is 0.486. The molecule has 0 aliphatic rings. The number of hydrogen-bond donors (Lipinski definition) is 2. The third kappa shape index (κ3) is 3.93. The number of halogens is 2. The minimum Gasteiger partial charge on any atom is -0.494 e. The van der Waals surface area contributed by atoms with E-state index in [9.17, 15) is 19.0 Å². The topological polar surface area (TPSA) is 98.2 Å². The van der Waals surface area contributed by atoms with E-state index in [4.69, 9.17) is 0 Å². The molecular weight excluding hydrogens is 408 g/mol. The van der Waals surface area contributed by atoms with Crippen molar-refractivity contribution in [1.82, 2.24) is 24.3 Å². The van der Waals surface area contributed by atoms with Crippen LogP contribution in [0.1, 0.15) is 18.2 Å². The van der Waals surface area contributed by atoms with E-state index in [-0.39, 0.29) is 11.6 Å². The highest BCUT2D eigenvalue weighted by molar-refractivity contribution is 5.93. The van der Waals surface area contributed by atoms with Crippen molar-refractivity contribution in [1.29, 1.82) is 0 Å². The fourth-order valence-electron chi connectivity index (χ4n) is 3.62. The van der Waals surface area contributed by atoms with Gasteiger partial charge >= 0.3 is 6.61 Å². The number of aliphatic hydroxyl groups is 1. The molecule has 1 unspecified atom stereocenters. The number of aryl methyl sites for hydroxylation is 2. The van der Waals surface area contributed by atoms with Crippen LogP contribution < -0.4 is 4.74 Å². The van der Waals surface area contributed by atoms with Crippen molar-refractivity contribution in [3.63, 3.8) is 0 Å². The number of pyridine rings is 2.